The molecule has 2 rings (SSSR count). The second-order valence-electron chi connectivity index (χ2n) is 3.53. The number of aliphatic hydroxyl groups excluding tert-OH is 1. The zero-order chi connectivity index (χ0) is 12.3. The van der Waals surface area contributed by atoms with Gasteiger partial charge in [0, 0.05) is 19.0 Å². The topological polar surface area (TPSA) is 50.9 Å². The molecule has 0 amide bonds. The standard InChI is InChI=1S/C11H12ClN3OS/c1-15-9(6-16)5-14-11(15)17-7-8-2-3-10(12)13-4-8/h2-5,16H,6-7H2,1H3. The van der Waals surface area contributed by atoms with Crippen molar-refractivity contribution in [2.75, 3.05) is 0 Å². The van der Waals surface area contributed by atoms with Crippen LogP contribution in [0.4, 0.5) is 0 Å². The highest BCUT2D eigenvalue weighted by atomic mass is 35.5. The Morgan fingerprint density at radius 3 is 2.76 bits per heavy atom. The van der Waals surface area contributed by atoms with Crippen LogP contribution in [0, 0.1) is 0 Å². The highest BCUT2D eigenvalue weighted by Crippen LogP contribution is 2.22. The average Bonchev–Trinajstić information content (AvgIpc) is 2.69. The minimum atomic E-state index is 0.00651. The van der Waals surface area contributed by atoms with Crippen LogP contribution in [0.2, 0.25) is 5.15 Å². The molecule has 0 unspecified atom stereocenters. The fraction of sp³-hybridized carbons (Fsp3) is 0.273. The van der Waals surface area contributed by atoms with Gasteiger partial charge in [-0.25, -0.2) is 9.97 Å². The molecular formula is C11H12ClN3OS. The highest BCUT2D eigenvalue weighted by Gasteiger charge is 2.06. The number of pyridine rings is 1. The zero-order valence-electron chi connectivity index (χ0n) is 9.30. The van der Waals surface area contributed by atoms with Gasteiger partial charge in [0.15, 0.2) is 5.16 Å². The molecular weight excluding hydrogens is 258 g/mol. The van der Waals surface area contributed by atoms with E-state index in [1.165, 1.54) is 0 Å². The number of nitrogens with zero attached hydrogens (tertiary/aromatic N) is 3. The third-order valence-corrected chi connectivity index (χ3v) is 3.70. The monoisotopic (exact) mass is 269 g/mol. The molecule has 0 aliphatic heterocycles. The van der Waals surface area contributed by atoms with Gasteiger partial charge in [0.05, 0.1) is 18.5 Å². The van der Waals surface area contributed by atoms with Crippen LogP contribution in [0.15, 0.2) is 29.7 Å². The van der Waals surface area contributed by atoms with Crippen molar-refractivity contribution in [3.05, 3.63) is 40.9 Å². The second-order valence-corrected chi connectivity index (χ2v) is 4.86. The summed E-state index contributed by atoms with van der Waals surface area (Å²) >= 11 is 7.31. The first-order valence-corrected chi connectivity index (χ1v) is 6.41. The summed E-state index contributed by atoms with van der Waals surface area (Å²) in [5.74, 6) is 0.778. The summed E-state index contributed by atoms with van der Waals surface area (Å²) < 4.78 is 1.88. The molecule has 4 nitrogen and oxygen atoms in total. The number of rotatable bonds is 4. The lowest BCUT2D eigenvalue weighted by Crippen LogP contribution is -1.97. The third-order valence-electron chi connectivity index (χ3n) is 2.36. The van der Waals surface area contributed by atoms with Gasteiger partial charge in [0.25, 0.3) is 0 Å². The van der Waals surface area contributed by atoms with Gasteiger partial charge in [-0.15, -0.1) is 0 Å². The minimum absolute atomic E-state index is 0.00651. The van der Waals surface area contributed by atoms with Crippen LogP contribution in [0.25, 0.3) is 0 Å². The summed E-state index contributed by atoms with van der Waals surface area (Å²) in [5, 5.41) is 10.4. The Bertz CT molecular complexity index is 498. The van der Waals surface area contributed by atoms with Crippen LogP contribution >= 0.6 is 23.4 Å². The number of aromatic nitrogens is 3. The molecule has 2 aromatic heterocycles. The van der Waals surface area contributed by atoms with E-state index in [-0.39, 0.29) is 6.61 Å². The second kappa shape index (κ2) is 5.53. The van der Waals surface area contributed by atoms with E-state index in [4.69, 9.17) is 16.7 Å². The molecule has 0 fully saturated rings. The van der Waals surface area contributed by atoms with Gasteiger partial charge < -0.3 is 9.67 Å². The van der Waals surface area contributed by atoms with E-state index in [1.807, 2.05) is 17.7 Å². The summed E-state index contributed by atoms with van der Waals surface area (Å²) in [5.41, 5.74) is 1.90. The summed E-state index contributed by atoms with van der Waals surface area (Å²) in [6.45, 7) is 0.00651. The fourth-order valence-corrected chi connectivity index (χ4v) is 2.36. The summed E-state index contributed by atoms with van der Waals surface area (Å²) in [6.07, 6.45) is 3.44. The molecule has 0 aliphatic carbocycles. The maximum Gasteiger partial charge on any atom is 0.168 e. The molecule has 0 bridgehead atoms. The Labute approximate surface area is 109 Å². The molecule has 0 aliphatic rings. The van der Waals surface area contributed by atoms with E-state index < -0.39 is 0 Å². The van der Waals surface area contributed by atoms with Crippen molar-refractivity contribution in [2.24, 2.45) is 7.05 Å². The molecule has 17 heavy (non-hydrogen) atoms. The summed E-state index contributed by atoms with van der Waals surface area (Å²) in [4.78, 5) is 8.26. The molecule has 0 saturated carbocycles. The lowest BCUT2D eigenvalue weighted by atomic mass is 10.3. The lowest BCUT2D eigenvalue weighted by molar-refractivity contribution is 0.271. The van der Waals surface area contributed by atoms with Crippen LogP contribution < -0.4 is 0 Å². The number of aliphatic hydroxyl groups is 1. The van der Waals surface area contributed by atoms with Crippen LogP contribution in [0.3, 0.4) is 0 Å². The molecule has 1 N–H and O–H groups in total. The third kappa shape index (κ3) is 3.00. The van der Waals surface area contributed by atoms with Crippen LogP contribution in [-0.2, 0) is 19.4 Å². The number of hydrogen-bond acceptors (Lipinski definition) is 4. The van der Waals surface area contributed by atoms with Gasteiger partial charge in [-0.05, 0) is 11.6 Å². The predicted molar refractivity (Wildman–Crippen MR) is 67.9 cm³/mol. The van der Waals surface area contributed by atoms with Crippen molar-refractivity contribution in [1.29, 1.82) is 0 Å². The van der Waals surface area contributed by atoms with Crippen molar-refractivity contribution in [1.82, 2.24) is 14.5 Å². The van der Waals surface area contributed by atoms with Gasteiger partial charge in [-0.3, -0.25) is 0 Å². The van der Waals surface area contributed by atoms with Crippen molar-refractivity contribution >= 4 is 23.4 Å². The normalized spacial score (nSPS) is 10.8. The first-order chi connectivity index (χ1) is 8.20. The molecule has 0 atom stereocenters. The van der Waals surface area contributed by atoms with E-state index in [9.17, 15) is 0 Å². The predicted octanol–water partition coefficient (Wildman–Crippen LogP) is 2.25. The van der Waals surface area contributed by atoms with Crippen molar-refractivity contribution in [3.63, 3.8) is 0 Å². The van der Waals surface area contributed by atoms with E-state index in [2.05, 4.69) is 9.97 Å². The maximum absolute atomic E-state index is 9.05. The quantitative estimate of drug-likeness (QED) is 0.683. The van der Waals surface area contributed by atoms with Gasteiger partial charge in [0.1, 0.15) is 5.15 Å². The van der Waals surface area contributed by atoms with E-state index in [0.29, 0.717) is 5.15 Å². The van der Waals surface area contributed by atoms with Crippen molar-refractivity contribution in [3.8, 4) is 0 Å². The zero-order valence-corrected chi connectivity index (χ0v) is 10.9. The largest absolute Gasteiger partial charge is 0.390 e. The smallest absolute Gasteiger partial charge is 0.168 e. The molecule has 2 aromatic rings. The van der Waals surface area contributed by atoms with Gasteiger partial charge in [-0.2, -0.15) is 0 Å². The molecule has 90 valence electrons. The SMILES string of the molecule is Cn1c(CO)cnc1SCc1ccc(Cl)nc1. The van der Waals surface area contributed by atoms with Crippen LogP contribution in [0.1, 0.15) is 11.3 Å². The minimum Gasteiger partial charge on any atom is -0.390 e. The highest BCUT2D eigenvalue weighted by molar-refractivity contribution is 7.98. The number of hydrogen-bond donors (Lipinski definition) is 1. The van der Waals surface area contributed by atoms with Crippen LogP contribution in [0.5, 0.6) is 0 Å². The first-order valence-electron chi connectivity index (χ1n) is 5.05. The van der Waals surface area contributed by atoms with Gasteiger partial charge in [-0.1, -0.05) is 29.4 Å². The van der Waals surface area contributed by atoms with E-state index in [1.54, 1.807) is 30.2 Å². The Morgan fingerprint density at radius 1 is 1.35 bits per heavy atom. The molecule has 0 radical (unpaired) electrons. The molecule has 0 aromatic carbocycles. The van der Waals surface area contributed by atoms with E-state index >= 15 is 0 Å². The number of halogens is 1. The lowest BCUT2D eigenvalue weighted by Gasteiger charge is -2.03. The fourth-order valence-electron chi connectivity index (χ4n) is 1.35. The first kappa shape index (κ1) is 12.4. The molecule has 6 heteroatoms. The number of thioether (sulfide) groups is 1. The average molecular weight is 270 g/mol. The van der Waals surface area contributed by atoms with Crippen LogP contribution in [-0.4, -0.2) is 19.6 Å². The Balaban J connectivity index is 2.02. The van der Waals surface area contributed by atoms with Gasteiger partial charge >= 0.3 is 0 Å². The molecule has 2 heterocycles. The molecule has 0 spiro atoms. The summed E-state index contributed by atoms with van der Waals surface area (Å²) in [7, 11) is 1.89. The van der Waals surface area contributed by atoms with E-state index in [0.717, 1.165) is 22.2 Å². The number of imidazole rings is 1. The Kier molecular flexibility index (Phi) is 4.04. The Hall–Kier alpha value is -1.04. The van der Waals surface area contributed by atoms with Crippen molar-refractivity contribution < 1.29 is 5.11 Å². The maximum atomic E-state index is 9.05. The van der Waals surface area contributed by atoms with Crippen molar-refractivity contribution in [2.45, 2.75) is 17.5 Å². The summed E-state index contributed by atoms with van der Waals surface area (Å²) in [6, 6.07) is 3.72. The molecule has 0 saturated heterocycles. The van der Waals surface area contributed by atoms with Gasteiger partial charge in [0.2, 0.25) is 0 Å². The Morgan fingerprint density at radius 2 is 2.18 bits per heavy atom.